The van der Waals surface area contributed by atoms with Crippen LogP contribution in [0.5, 0.6) is 0 Å². The zero-order valence-corrected chi connectivity index (χ0v) is 55.3. The molecule has 16 aromatic carbocycles. The van der Waals surface area contributed by atoms with Crippen molar-refractivity contribution in [2.24, 2.45) is 0 Å². The lowest BCUT2D eigenvalue weighted by Gasteiger charge is -2.46. The first-order valence-corrected chi connectivity index (χ1v) is 35.3. The summed E-state index contributed by atoms with van der Waals surface area (Å²) in [6.45, 7) is -0.248. The molecule has 0 N–H and O–H groups in total. The Morgan fingerprint density at radius 1 is 0.220 bits per heavy atom. The van der Waals surface area contributed by atoms with Crippen LogP contribution in [0.2, 0.25) is 0 Å². The molecule has 0 aromatic heterocycles. The van der Waals surface area contributed by atoms with E-state index >= 15 is 0 Å². The number of hydrogen-bond donors (Lipinski definition) is 0. The summed E-state index contributed by atoms with van der Waals surface area (Å²) in [5.41, 5.74) is 29.4. The molecule has 0 aliphatic carbocycles. The molecule has 4 aliphatic heterocycles. The average molecular weight is 1290 g/mol. The molecule has 8 heteroatoms. The van der Waals surface area contributed by atoms with Gasteiger partial charge in [-0.3, -0.25) is 0 Å². The van der Waals surface area contributed by atoms with E-state index in [1.54, 1.807) is 0 Å². The van der Waals surface area contributed by atoms with Crippen molar-refractivity contribution in [2.75, 3.05) is 24.5 Å². The maximum atomic E-state index is 2.64. The maximum absolute atomic E-state index is 2.64. The summed E-state index contributed by atoms with van der Waals surface area (Å²) in [4.78, 5) is 15.0. The van der Waals surface area contributed by atoms with E-state index in [0.29, 0.717) is 0 Å². The van der Waals surface area contributed by atoms with Crippen LogP contribution in [0.1, 0.15) is 0 Å². The average Bonchev–Trinajstić information content (AvgIpc) is 0.622. The lowest BCUT2D eigenvalue weighted by molar-refractivity contribution is 1.22. The standard InChI is InChI=1S/C92H61B2N5S/c1-8-30-62(31-9-1)89-73-44-22-24-46-75(73)90(76-47-25-23-45-74(76)89)63-52-54-70(55-53-63)98-82-51-29-27-49-78(82)94-80-60-79-83(61-87(80)100-88-59-72(58-86(98)92(88)94)96(66-36-14-4-15-37-66)67-38-16-5-17-39-67)99(69-42-20-7-21-43-69)85-57-71(95(64-32-10-2-11-33-64)65-34-12-3-13-35-65)56-84-91(85)93(79)77-48-26-28-50-81(77)97(84)68-40-18-6-19-41-68/h1-61H. The van der Waals surface area contributed by atoms with E-state index in [1.165, 1.54) is 97.7 Å². The SMILES string of the molecule is c1ccc(-c2c3ccccc3c(-c3ccc(N4c5ccccc5B5c6cc7c(cc6Sc6cc(N(c8ccccc8)c8ccccc8)cc4c65)N(c4ccccc4)c4cc(N(c5ccccc5)c5ccccc5)cc5c4B7c4ccccc4N5c4ccccc4)cc3)c3ccccc23)cc1. The number of nitrogens with zero attached hydrogens (tertiary/aromatic N) is 5. The molecule has 0 fully saturated rings. The summed E-state index contributed by atoms with van der Waals surface area (Å²) in [5, 5.41) is 4.96. The first-order chi connectivity index (χ1) is 49.7. The van der Waals surface area contributed by atoms with Crippen molar-refractivity contribution in [3.05, 3.63) is 370 Å². The van der Waals surface area contributed by atoms with Gasteiger partial charge in [0.15, 0.2) is 0 Å². The van der Waals surface area contributed by atoms with Crippen LogP contribution >= 0.6 is 11.8 Å². The highest BCUT2D eigenvalue weighted by Crippen LogP contribution is 2.52. The number of para-hydroxylation sites is 8. The third-order valence-corrected chi connectivity index (χ3v) is 21.9. The first-order valence-electron chi connectivity index (χ1n) is 34.5. The van der Waals surface area contributed by atoms with Gasteiger partial charge in [0.2, 0.25) is 6.71 Å². The molecule has 100 heavy (non-hydrogen) atoms. The van der Waals surface area contributed by atoms with Crippen LogP contribution in [-0.2, 0) is 0 Å². The molecule has 0 unspecified atom stereocenters. The maximum Gasteiger partial charge on any atom is 0.252 e. The van der Waals surface area contributed by atoms with Gasteiger partial charge in [0.25, 0.3) is 6.71 Å². The summed E-state index contributed by atoms with van der Waals surface area (Å²) in [6.07, 6.45) is 0. The van der Waals surface area contributed by atoms with Crippen LogP contribution in [0.3, 0.4) is 0 Å². The van der Waals surface area contributed by atoms with Crippen LogP contribution in [-0.4, -0.2) is 13.4 Å². The highest BCUT2D eigenvalue weighted by molar-refractivity contribution is 8.00. The predicted octanol–water partition coefficient (Wildman–Crippen LogP) is 21.1. The fourth-order valence-corrected chi connectivity index (χ4v) is 17.9. The number of benzene rings is 16. The van der Waals surface area contributed by atoms with Crippen LogP contribution in [0.25, 0.3) is 43.8 Å². The Labute approximate surface area is 587 Å². The smallest absolute Gasteiger partial charge is 0.252 e. The van der Waals surface area contributed by atoms with E-state index in [2.05, 4.69) is 395 Å². The van der Waals surface area contributed by atoms with Gasteiger partial charge in [-0.25, -0.2) is 0 Å². The van der Waals surface area contributed by atoms with E-state index in [0.717, 1.165) is 73.9 Å². The zero-order valence-electron chi connectivity index (χ0n) is 54.5. The molecule has 4 aliphatic rings. The van der Waals surface area contributed by atoms with Gasteiger partial charge in [0, 0.05) is 89.4 Å². The van der Waals surface area contributed by atoms with Crippen molar-refractivity contribution >= 4 is 165 Å². The molecule has 0 bridgehead atoms. The zero-order chi connectivity index (χ0) is 65.8. The van der Waals surface area contributed by atoms with Gasteiger partial charge in [-0.05, 0) is 199 Å². The molecule has 16 aromatic rings. The molecule has 466 valence electrons. The van der Waals surface area contributed by atoms with Gasteiger partial charge < -0.3 is 24.5 Å². The van der Waals surface area contributed by atoms with Gasteiger partial charge in [0.05, 0.1) is 5.69 Å². The molecule has 0 radical (unpaired) electrons. The van der Waals surface area contributed by atoms with Crippen LogP contribution < -0.4 is 57.3 Å². The third kappa shape index (κ3) is 9.21. The van der Waals surface area contributed by atoms with Gasteiger partial charge in [-0.2, -0.15) is 0 Å². The fourth-order valence-electron chi connectivity index (χ4n) is 16.7. The molecule has 20 rings (SSSR count). The van der Waals surface area contributed by atoms with Crippen molar-refractivity contribution < 1.29 is 0 Å². The van der Waals surface area contributed by atoms with Crippen LogP contribution in [0.15, 0.2) is 380 Å². The quantitative estimate of drug-likeness (QED) is 0.0941. The highest BCUT2D eigenvalue weighted by Gasteiger charge is 2.48. The van der Waals surface area contributed by atoms with Crippen molar-refractivity contribution in [1.82, 2.24) is 0 Å². The largest absolute Gasteiger partial charge is 0.311 e. The van der Waals surface area contributed by atoms with Gasteiger partial charge in [-0.15, -0.1) is 0 Å². The molecule has 0 saturated carbocycles. The highest BCUT2D eigenvalue weighted by atomic mass is 32.2. The van der Waals surface area contributed by atoms with E-state index in [9.17, 15) is 0 Å². The molecule has 4 heterocycles. The molecule has 0 amide bonds. The third-order valence-electron chi connectivity index (χ3n) is 20.8. The van der Waals surface area contributed by atoms with E-state index in [-0.39, 0.29) is 13.4 Å². The predicted molar refractivity (Wildman–Crippen MR) is 426 cm³/mol. The van der Waals surface area contributed by atoms with Crippen molar-refractivity contribution in [2.45, 2.75) is 9.79 Å². The van der Waals surface area contributed by atoms with Crippen molar-refractivity contribution in [1.29, 1.82) is 0 Å². The Balaban J connectivity index is 0.820. The Kier molecular flexibility index (Phi) is 13.7. The Bertz CT molecular complexity index is 5720. The monoisotopic (exact) mass is 1290 g/mol. The summed E-state index contributed by atoms with van der Waals surface area (Å²) in [5.74, 6) is 0. The van der Waals surface area contributed by atoms with Crippen molar-refractivity contribution in [3.8, 4) is 22.3 Å². The minimum Gasteiger partial charge on any atom is -0.311 e. The van der Waals surface area contributed by atoms with Crippen molar-refractivity contribution in [3.63, 3.8) is 0 Å². The summed E-state index contributed by atoms with van der Waals surface area (Å²) >= 11 is 1.91. The second-order valence-corrected chi connectivity index (χ2v) is 27.3. The number of fused-ring (bicyclic) bond motifs is 10. The number of anilines is 15. The number of hydrogen-bond acceptors (Lipinski definition) is 6. The molecule has 5 nitrogen and oxygen atoms in total. The lowest BCUT2D eigenvalue weighted by atomic mass is 9.31. The minimum atomic E-state index is -0.131. The topological polar surface area (TPSA) is 16.2 Å². The molecular weight excluding hydrogens is 1230 g/mol. The van der Waals surface area contributed by atoms with Gasteiger partial charge in [-0.1, -0.05) is 260 Å². The van der Waals surface area contributed by atoms with Crippen LogP contribution in [0, 0.1) is 0 Å². The summed E-state index contributed by atoms with van der Waals surface area (Å²) < 4.78 is 0. The van der Waals surface area contributed by atoms with E-state index in [4.69, 9.17) is 0 Å². The second kappa shape index (κ2) is 23.7. The molecule has 0 spiro atoms. The second-order valence-electron chi connectivity index (χ2n) is 26.3. The minimum absolute atomic E-state index is 0.117. The van der Waals surface area contributed by atoms with Gasteiger partial charge in [0.1, 0.15) is 0 Å². The van der Waals surface area contributed by atoms with E-state index in [1.807, 2.05) is 11.8 Å². The lowest BCUT2D eigenvalue weighted by Crippen LogP contribution is -2.64. The van der Waals surface area contributed by atoms with Crippen LogP contribution in [0.4, 0.5) is 85.3 Å². The Hall–Kier alpha value is -12.5. The summed E-state index contributed by atoms with van der Waals surface area (Å²) in [7, 11) is 0. The first kappa shape index (κ1) is 57.7. The fraction of sp³-hybridized carbons (Fsp3) is 0. The molecular formula is C92H61B2N5S. The molecule has 0 saturated heterocycles. The Morgan fingerprint density at radius 3 is 1.01 bits per heavy atom. The Morgan fingerprint density at radius 2 is 0.560 bits per heavy atom. The number of rotatable bonds is 11. The molecule has 0 atom stereocenters. The normalized spacial score (nSPS) is 12.9. The van der Waals surface area contributed by atoms with Gasteiger partial charge >= 0.3 is 0 Å². The van der Waals surface area contributed by atoms with E-state index < -0.39 is 0 Å². The summed E-state index contributed by atoms with van der Waals surface area (Å²) in [6, 6.07) is 137.